The van der Waals surface area contributed by atoms with Gasteiger partial charge in [0, 0.05) is 0 Å². The van der Waals surface area contributed by atoms with Gasteiger partial charge in [-0.25, -0.2) is 4.39 Å². The second-order valence-electron chi connectivity index (χ2n) is 4.78. The van der Waals surface area contributed by atoms with Crippen molar-refractivity contribution in [2.45, 2.75) is 38.2 Å². The number of hydrogen-bond donors (Lipinski definition) is 1. The van der Waals surface area contributed by atoms with Crippen LogP contribution in [0.3, 0.4) is 0 Å². The molecule has 1 aromatic carbocycles. The molecule has 17 heavy (non-hydrogen) atoms. The van der Waals surface area contributed by atoms with E-state index in [1.807, 2.05) is 0 Å². The molecular weight excluding hydrogens is 219 g/mol. The molecule has 1 fully saturated rings. The average Bonchev–Trinajstić information content (AvgIpc) is 2.81. The van der Waals surface area contributed by atoms with Crippen molar-refractivity contribution in [3.63, 3.8) is 0 Å². The van der Waals surface area contributed by atoms with Crippen molar-refractivity contribution in [1.29, 1.82) is 0 Å². The number of rotatable bonds is 5. The Morgan fingerprint density at radius 3 is 2.71 bits per heavy atom. The van der Waals surface area contributed by atoms with E-state index in [0.717, 1.165) is 6.42 Å². The molecule has 1 aromatic rings. The van der Waals surface area contributed by atoms with E-state index < -0.39 is 6.10 Å². The van der Waals surface area contributed by atoms with Crippen molar-refractivity contribution in [3.8, 4) is 5.75 Å². The molecule has 1 N–H and O–H groups in total. The first kappa shape index (κ1) is 12.4. The molecule has 0 saturated heterocycles. The van der Waals surface area contributed by atoms with Gasteiger partial charge in [0.2, 0.25) is 0 Å². The smallest absolute Gasteiger partial charge is 0.165 e. The Balaban J connectivity index is 1.75. The number of ether oxygens (including phenoxy) is 1. The summed E-state index contributed by atoms with van der Waals surface area (Å²) >= 11 is 0. The van der Waals surface area contributed by atoms with E-state index in [2.05, 4.69) is 0 Å². The van der Waals surface area contributed by atoms with Crippen molar-refractivity contribution in [3.05, 3.63) is 30.1 Å². The van der Waals surface area contributed by atoms with E-state index in [1.165, 1.54) is 31.7 Å². The topological polar surface area (TPSA) is 29.5 Å². The van der Waals surface area contributed by atoms with Crippen LogP contribution in [0.1, 0.15) is 32.1 Å². The minimum absolute atomic E-state index is 0.178. The first-order chi connectivity index (χ1) is 8.25. The third-order valence-electron chi connectivity index (χ3n) is 3.35. The summed E-state index contributed by atoms with van der Waals surface area (Å²) in [5.74, 6) is 0.466. The zero-order valence-electron chi connectivity index (χ0n) is 9.94. The number of aliphatic hydroxyl groups excluding tert-OH is 1. The SMILES string of the molecule is OC(COc1ccccc1F)CC1CCCC1. The zero-order chi connectivity index (χ0) is 12.1. The molecule has 0 bridgehead atoms. The lowest BCUT2D eigenvalue weighted by Crippen LogP contribution is -2.20. The standard InChI is InChI=1S/C14H19FO2/c15-13-7-3-4-8-14(13)17-10-12(16)9-11-5-1-2-6-11/h3-4,7-8,11-12,16H,1-2,5-6,9-10H2. The van der Waals surface area contributed by atoms with Crippen LogP contribution < -0.4 is 4.74 Å². The maximum absolute atomic E-state index is 13.2. The Hall–Kier alpha value is -1.09. The van der Waals surface area contributed by atoms with Crippen LogP contribution in [0, 0.1) is 11.7 Å². The molecule has 0 radical (unpaired) electrons. The quantitative estimate of drug-likeness (QED) is 0.854. The Morgan fingerprint density at radius 1 is 1.29 bits per heavy atom. The summed E-state index contributed by atoms with van der Waals surface area (Å²) in [7, 11) is 0. The van der Waals surface area contributed by atoms with Gasteiger partial charge in [0.05, 0.1) is 6.10 Å². The summed E-state index contributed by atoms with van der Waals surface area (Å²) in [4.78, 5) is 0. The third-order valence-corrected chi connectivity index (χ3v) is 3.35. The number of hydrogen-bond acceptors (Lipinski definition) is 2. The van der Waals surface area contributed by atoms with Crippen LogP contribution in [0.25, 0.3) is 0 Å². The largest absolute Gasteiger partial charge is 0.488 e. The van der Waals surface area contributed by atoms with E-state index in [9.17, 15) is 9.50 Å². The lowest BCUT2D eigenvalue weighted by molar-refractivity contribution is 0.0837. The van der Waals surface area contributed by atoms with Crippen molar-refractivity contribution in [2.24, 2.45) is 5.92 Å². The average molecular weight is 238 g/mol. The molecule has 0 amide bonds. The van der Waals surface area contributed by atoms with Crippen molar-refractivity contribution in [1.82, 2.24) is 0 Å². The van der Waals surface area contributed by atoms with Gasteiger partial charge in [0.25, 0.3) is 0 Å². The first-order valence-corrected chi connectivity index (χ1v) is 6.31. The highest BCUT2D eigenvalue weighted by atomic mass is 19.1. The van der Waals surface area contributed by atoms with Gasteiger partial charge in [-0.15, -0.1) is 0 Å². The van der Waals surface area contributed by atoms with Crippen molar-refractivity contribution in [2.75, 3.05) is 6.61 Å². The summed E-state index contributed by atoms with van der Waals surface area (Å²) in [6.07, 6.45) is 5.23. The van der Waals surface area contributed by atoms with Crippen molar-refractivity contribution >= 4 is 0 Å². The van der Waals surface area contributed by atoms with Gasteiger partial charge in [0.1, 0.15) is 6.61 Å². The van der Waals surface area contributed by atoms with E-state index >= 15 is 0 Å². The van der Waals surface area contributed by atoms with Crippen LogP contribution >= 0.6 is 0 Å². The van der Waals surface area contributed by atoms with E-state index in [4.69, 9.17) is 4.74 Å². The Labute approximate surface area is 101 Å². The van der Waals surface area contributed by atoms with Crippen LogP contribution in [0.2, 0.25) is 0 Å². The fraction of sp³-hybridized carbons (Fsp3) is 0.571. The van der Waals surface area contributed by atoms with Crippen LogP contribution in [-0.2, 0) is 0 Å². The molecule has 1 aliphatic rings. The number of para-hydroxylation sites is 1. The van der Waals surface area contributed by atoms with E-state index in [1.54, 1.807) is 18.2 Å². The van der Waals surface area contributed by atoms with Crippen molar-refractivity contribution < 1.29 is 14.2 Å². The zero-order valence-corrected chi connectivity index (χ0v) is 9.94. The Bertz CT molecular complexity index is 348. The summed E-state index contributed by atoms with van der Waals surface area (Å²) in [6, 6.07) is 6.29. The van der Waals surface area contributed by atoms with Crippen LogP contribution in [-0.4, -0.2) is 17.8 Å². The van der Waals surface area contributed by atoms with Gasteiger partial charge in [-0.1, -0.05) is 37.8 Å². The fourth-order valence-corrected chi connectivity index (χ4v) is 2.45. The number of aliphatic hydroxyl groups is 1. The minimum Gasteiger partial charge on any atom is -0.488 e. The molecule has 0 spiro atoms. The summed E-state index contributed by atoms with van der Waals surface area (Å²) in [6.45, 7) is 0.178. The van der Waals surface area contributed by atoms with Gasteiger partial charge < -0.3 is 9.84 Å². The van der Waals surface area contributed by atoms with Gasteiger partial charge in [-0.2, -0.15) is 0 Å². The number of benzene rings is 1. The van der Waals surface area contributed by atoms with E-state index in [0.29, 0.717) is 5.92 Å². The fourth-order valence-electron chi connectivity index (χ4n) is 2.45. The van der Waals surface area contributed by atoms with E-state index in [-0.39, 0.29) is 18.2 Å². The molecule has 1 aliphatic carbocycles. The second kappa shape index (κ2) is 6.01. The predicted molar refractivity (Wildman–Crippen MR) is 64.5 cm³/mol. The normalized spacial score (nSPS) is 18.2. The molecule has 0 aliphatic heterocycles. The molecular formula is C14H19FO2. The molecule has 2 rings (SSSR count). The van der Waals surface area contributed by atoms with Gasteiger partial charge >= 0.3 is 0 Å². The summed E-state index contributed by atoms with van der Waals surface area (Å²) < 4.78 is 18.5. The molecule has 1 atom stereocenters. The second-order valence-corrected chi connectivity index (χ2v) is 4.78. The summed E-state index contributed by atoms with van der Waals surface area (Å²) in [5, 5.41) is 9.81. The van der Waals surface area contributed by atoms with Crippen LogP contribution in [0.4, 0.5) is 4.39 Å². The molecule has 2 nitrogen and oxygen atoms in total. The molecule has 0 aromatic heterocycles. The lowest BCUT2D eigenvalue weighted by atomic mass is 10.0. The third kappa shape index (κ3) is 3.70. The maximum Gasteiger partial charge on any atom is 0.165 e. The molecule has 1 saturated carbocycles. The molecule has 1 unspecified atom stereocenters. The Morgan fingerprint density at radius 2 is 2.00 bits per heavy atom. The Kier molecular flexibility index (Phi) is 4.37. The van der Waals surface area contributed by atoms with Gasteiger partial charge in [0.15, 0.2) is 11.6 Å². The van der Waals surface area contributed by atoms with Crippen LogP contribution in [0.5, 0.6) is 5.75 Å². The predicted octanol–water partition coefficient (Wildman–Crippen LogP) is 3.15. The lowest BCUT2D eigenvalue weighted by Gasteiger charge is -2.16. The maximum atomic E-state index is 13.2. The molecule has 0 heterocycles. The molecule has 3 heteroatoms. The summed E-state index contributed by atoms with van der Waals surface area (Å²) in [5.41, 5.74) is 0. The highest BCUT2D eigenvalue weighted by Crippen LogP contribution is 2.28. The van der Waals surface area contributed by atoms with Gasteiger partial charge in [-0.05, 0) is 24.5 Å². The highest BCUT2D eigenvalue weighted by Gasteiger charge is 2.19. The monoisotopic (exact) mass is 238 g/mol. The molecule has 94 valence electrons. The highest BCUT2D eigenvalue weighted by molar-refractivity contribution is 5.23. The first-order valence-electron chi connectivity index (χ1n) is 6.31. The van der Waals surface area contributed by atoms with Crippen LogP contribution in [0.15, 0.2) is 24.3 Å². The number of halogens is 1. The van der Waals surface area contributed by atoms with Gasteiger partial charge in [-0.3, -0.25) is 0 Å². The minimum atomic E-state index is -0.488.